The number of hydrogen-bond donors (Lipinski definition) is 3. The molecule has 0 saturated heterocycles. The number of aromatic amines is 1. The normalized spacial score (nSPS) is 10.8. The van der Waals surface area contributed by atoms with Crippen LogP contribution < -0.4 is 11.2 Å². The molecular weight excluding hydrogens is 182 g/mol. The second-order valence-electron chi connectivity index (χ2n) is 2.42. The van der Waals surface area contributed by atoms with Gasteiger partial charge in [0.1, 0.15) is 0 Å². The van der Waals surface area contributed by atoms with Crippen LogP contribution in [0.4, 0.5) is 14.5 Å². The van der Waals surface area contributed by atoms with Crippen LogP contribution >= 0.6 is 0 Å². The molecular formula is C7H8F2N2O2. The fourth-order valence-electron chi connectivity index (χ4n) is 0.956. The Balaban J connectivity index is 3.39. The molecule has 0 spiro atoms. The van der Waals surface area contributed by atoms with Crippen molar-refractivity contribution in [2.24, 2.45) is 0 Å². The maximum atomic E-state index is 12.2. The van der Waals surface area contributed by atoms with Gasteiger partial charge in [0.15, 0.2) is 0 Å². The number of nitrogen functional groups attached to an aromatic ring is 1. The molecule has 0 aliphatic rings. The van der Waals surface area contributed by atoms with Crippen LogP contribution in [0.1, 0.15) is 17.7 Å². The average molecular weight is 190 g/mol. The number of nitrogens with one attached hydrogen (secondary N) is 1. The van der Waals surface area contributed by atoms with Crippen molar-refractivity contribution in [2.75, 3.05) is 5.73 Å². The molecule has 4 nitrogen and oxygen atoms in total. The molecule has 1 aromatic rings. The van der Waals surface area contributed by atoms with E-state index >= 15 is 0 Å². The van der Waals surface area contributed by atoms with Gasteiger partial charge in [-0.3, -0.25) is 4.79 Å². The first-order chi connectivity index (χ1) is 6.07. The van der Waals surface area contributed by atoms with E-state index < -0.39 is 24.2 Å². The van der Waals surface area contributed by atoms with Gasteiger partial charge >= 0.3 is 0 Å². The second kappa shape index (κ2) is 3.53. The first-order valence-electron chi connectivity index (χ1n) is 3.47. The van der Waals surface area contributed by atoms with Crippen LogP contribution in [0.25, 0.3) is 0 Å². The third kappa shape index (κ3) is 1.67. The molecule has 13 heavy (non-hydrogen) atoms. The molecule has 1 aromatic heterocycles. The summed E-state index contributed by atoms with van der Waals surface area (Å²) in [6.07, 6.45) is -1.83. The van der Waals surface area contributed by atoms with Crippen LogP contribution in [-0.4, -0.2) is 10.1 Å². The standard InChI is InChI=1S/C7H8F2N2O2/c8-7(9)5-3(2-12)6(13)4(10)1-11-5/h1,7,12H,2,10H2,(H,11,13). The first kappa shape index (κ1) is 9.66. The molecule has 1 heterocycles. The molecule has 0 atom stereocenters. The van der Waals surface area contributed by atoms with E-state index in [1.165, 1.54) is 0 Å². The molecule has 6 heteroatoms. The lowest BCUT2D eigenvalue weighted by Gasteiger charge is -2.05. The lowest BCUT2D eigenvalue weighted by molar-refractivity contribution is 0.141. The second-order valence-corrected chi connectivity index (χ2v) is 2.42. The smallest absolute Gasteiger partial charge is 0.278 e. The fourth-order valence-corrected chi connectivity index (χ4v) is 0.956. The van der Waals surface area contributed by atoms with Gasteiger partial charge in [-0.1, -0.05) is 0 Å². The highest BCUT2D eigenvalue weighted by atomic mass is 19.3. The number of aromatic nitrogens is 1. The Kier molecular flexibility index (Phi) is 2.62. The van der Waals surface area contributed by atoms with Crippen LogP contribution in [-0.2, 0) is 6.61 Å². The fraction of sp³-hybridized carbons (Fsp3) is 0.286. The largest absolute Gasteiger partial charge is 0.394 e. The summed E-state index contributed by atoms with van der Waals surface area (Å²) in [7, 11) is 0. The molecule has 0 saturated carbocycles. The monoisotopic (exact) mass is 190 g/mol. The molecule has 0 fully saturated rings. The highest BCUT2D eigenvalue weighted by Gasteiger charge is 2.16. The number of rotatable bonds is 2. The summed E-state index contributed by atoms with van der Waals surface area (Å²) in [4.78, 5) is 13.2. The van der Waals surface area contributed by atoms with Crippen molar-refractivity contribution in [1.29, 1.82) is 0 Å². The Morgan fingerprint density at radius 2 is 2.23 bits per heavy atom. The van der Waals surface area contributed by atoms with Crippen molar-refractivity contribution in [3.05, 3.63) is 27.7 Å². The first-order valence-corrected chi connectivity index (χ1v) is 3.47. The van der Waals surface area contributed by atoms with Gasteiger partial charge < -0.3 is 15.8 Å². The summed E-state index contributed by atoms with van der Waals surface area (Å²) in [5, 5.41) is 8.66. The molecule has 4 N–H and O–H groups in total. The van der Waals surface area contributed by atoms with E-state index in [2.05, 4.69) is 4.98 Å². The van der Waals surface area contributed by atoms with Crippen LogP contribution in [0.15, 0.2) is 11.0 Å². The third-order valence-corrected chi connectivity index (χ3v) is 1.62. The summed E-state index contributed by atoms with van der Waals surface area (Å²) in [5.74, 6) is 0. The van der Waals surface area contributed by atoms with E-state index in [1.54, 1.807) is 0 Å². The molecule has 0 bridgehead atoms. The predicted molar refractivity (Wildman–Crippen MR) is 42.4 cm³/mol. The van der Waals surface area contributed by atoms with Gasteiger partial charge in [0, 0.05) is 6.20 Å². The molecule has 0 unspecified atom stereocenters. The molecule has 0 radical (unpaired) electrons. The van der Waals surface area contributed by atoms with E-state index in [4.69, 9.17) is 10.8 Å². The van der Waals surface area contributed by atoms with Crippen molar-refractivity contribution in [3.8, 4) is 0 Å². The summed E-state index contributed by atoms with van der Waals surface area (Å²) in [6, 6.07) is 0. The summed E-state index contributed by atoms with van der Waals surface area (Å²) < 4.78 is 24.4. The third-order valence-electron chi connectivity index (χ3n) is 1.62. The van der Waals surface area contributed by atoms with Crippen LogP contribution in [0, 0.1) is 0 Å². The predicted octanol–water partition coefficient (Wildman–Crippen LogP) is 0.387. The number of pyridine rings is 1. The maximum absolute atomic E-state index is 12.2. The number of aliphatic hydroxyl groups excluding tert-OH is 1. The van der Waals surface area contributed by atoms with Crippen LogP contribution in [0.2, 0.25) is 0 Å². The van der Waals surface area contributed by atoms with Crippen molar-refractivity contribution in [2.45, 2.75) is 13.0 Å². The zero-order valence-corrected chi connectivity index (χ0v) is 6.55. The lowest BCUT2D eigenvalue weighted by Crippen LogP contribution is -2.17. The summed E-state index contributed by atoms with van der Waals surface area (Å²) in [5.41, 5.74) is 3.26. The SMILES string of the molecule is Nc1c[nH]c(C(F)F)c(CO)c1=O. The Morgan fingerprint density at radius 3 is 2.69 bits per heavy atom. The van der Waals surface area contributed by atoms with E-state index in [1.807, 2.05) is 0 Å². The number of aliphatic hydroxyl groups is 1. The van der Waals surface area contributed by atoms with Gasteiger partial charge in [-0.2, -0.15) is 0 Å². The minimum Gasteiger partial charge on any atom is -0.394 e. The van der Waals surface area contributed by atoms with Crippen molar-refractivity contribution >= 4 is 5.69 Å². The Hall–Kier alpha value is -1.43. The van der Waals surface area contributed by atoms with E-state index in [0.717, 1.165) is 6.20 Å². The number of hydrogen-bond acceptors (Lipinski definition) is 3. The van der Waals surface area contributed by atoms with Crippen LogP contribution in [0.5, 0.6) is 0 Å². The zero-order valence-electron chi connectivity index (χ0n) is 6.55. The van der Waals surface area contributed by atoms with Gasteiger partial charge in [0.05, 0.1) is 23.6 Å². The molecule has 1 rings (SSSR count). The van der Waals surface area contributed by atoms with E-state index in [-0.39, 0.29) is 11.3 Å². The topological polar surface area (TPSA) is 79.1 Å². The highest BCUT2D eigenvalue weighted by molar-refractivity contribution is 5.40. The minimum atomic E-state index is -2.82. The Labute approximate surface area is 72.0 Å². The number of halogens is 2. The van der Waals surface area contributed by atoms with E-state index in [9.17, 15) is 13.6 Å². The van der Waals surface area contributed by atoms with Gasteiger partial charge in [-0.25, -0.2) is 8.78 Å². The summed E-state index contributed by atoms with van der Waals surface area (Å²) in [6.45, 7) is -0.750. The number of H-pyrrole nitrogens is 1. The molecule has 0 aliphatic carbocycles. The molecule has 72 valence electrons. The van der Waals surface area contributed by atoms with Gasteiger partial charge in [0.2, 0.25) is 5.43 Å². The van der Waals surface area contributed by atoms with E-state index in [0.29, 0.717) is 0 Å². The molecule has 0 aromatic carbocycles. The molecule has 0 aliphatic heterocycles. The minimum absolute atomic E-state index is 0.187. The highest BCUT2D eigenvalue weighted by Crippen LogP contribution is 2.18. The van der Waals surface area contributed by atoms with Gasteiger partial charge in [-0.15, -0.1) is 0 Å². The van der Waals surface area contributed by atoms with Gasteiger partial charge in [0.25, 0.3) is 6.43 Å². The number of nitrogens with two attached hydrogens (primary N) is 1. The zero-order chi connectivity index (χ0) is 10.0. The quantitative estimate of drug-likeness (QED) is 0.631. The van der Waals surface area contributed by atoms with Crippen molar-refractivity contribution in [1.82, 2.24) is 4.98 Å². The van der Waals surface area contributed by atoms with Crippen molar-refractivity contribution < 1.29 is 13.9 Å². The van der Waals surface area contributed by atoms with Crippen LogP contribution in [0.3, 0.4) is 0 Å². The summed E-state index contributed by atoms with van der Waals surface area (Å²) >= 11 is 0. The van der Waals surface area contributed by atoms with Gasteiger partial charge in [-0.05, 0) is 0 Å². The van der Waals surface area contributed by atoms with Crippen molar-refractivity contribution in [3.63, 3.8) is 0 Å². The average Bonchev–Trinajstić information content (AvgIpc) is 2.09. The number of anilines is 1. The number of alkyl halides is 2. The Bertz CT molecular complexity index is 362. The molecule has 0 amide bonds. The lowest BCUT2D eigenvalue weighted by atomic mass is 10.2. The maximum Gasteiger partial charge on any atom is 0.278 e. The Morgan fingerprint density at radius 1 is 1.62 bits per heavy atom.